The molecule has 2 aromatic heterocycles. The van der Waals surface area contributed by atoms with Gasteiger partial charge in [-0.1, -0.05) is 27.7 Å². The van der Waals surface area contributed by atoms with Crippen molar-refractivity contribution in [3.63, 3.8) is 0 Å². The van der Waals surface area contributed by atoms with Gasteiger partial charge in [0.05, 0.1) is 24.1 Å². The van der Waals surface area contributed by atoms with Gasteiger partial charge in [0.15, 0.2) is 0 Å². The van der Waals surface area contributed by atoms with E-state index in [9.17, 15) is 9.18 Å². The minimum Gasteiger partial charge on any atom is -0.497 e. The number of hydrogen-bond acceptors (Lipinski definition) is 5. The summed E-state index contributed by atoms with van der Waals surface area (Å²) >= 11 is 4.44. The molecule has 0 aliphatic carbocycles. The van der Waals surface area contributed by atoms with Crippen molar-refractivity contribution in [2.45, 2.75) is 5.03 Å². The molecule has 0 saturated heterocycles. The lowest BCUT2D eigenvalue weighted by Crippen LogP contribution is -2.15. The van der Waals surface area contributed by atoms with Crippen molar-refractivity contribution >= 4 is 61.2 Å². The van der Waals surface area contributed by atoms with Gasteiger partial charge >= 0.3 is 0 Å². The number of nitrogens with one attached hydrogen (secondary N) is 2. The lowest BCUT2D eigenvalue weighted by atomic mass is 10.2. The summed E-state index contributed by atoms with van der Waals surface area (Å²) in [4.78, 5) is 24.2. The van der Waals surface area contributed by atoms with E-state index in [1.807, 2.05) is 18.2 Å². The largest absolute Gasteiger partial charge is 0.497 e. The van der Waals surface area contributed by atoms with Gasteiger partial charge in [0.2, 0.25) is 5.91 Å². The van der Waals surface area contributed by atoms with E-state index in [4.69, 9.17) is 4.74 Å². The summed E-state index contributed by atoms with van der Waals surface area (Å²) in [7, 11) is 1.61. The summed E-state index contributed by atoms with van der Waals surface area (Å²) in [5.41, 5.74) is 2.54. The third-order valence-electron chi connectivity index (χ3n) is 4.10. The van der Waals surface area contributed by atoms with Crippen LogP contribution in [-0.2, 0) is 4.79 Å². The molecular formula is C19H14BrFN4O2S. The Balaban J connectivity index is 1.55. The molecule has 28 heavy (non-hydrogen) atoms. The number of anilines is 1. The van der Waals surface area contributed by atoms with E-state index in [-0.39, 0.29) is 17.3 Å². The van der Waals surface area contributed by atoms with Crippen molar-refractivity contribution in [2.24, 2.45) is 0 Å². The number of methoxy groups -OCH3 is 1. The van der Waals surface area contributed by atoms with Crippen LogP contribution in [0.5, 0.6) is 5.75 Å². The van der Waals surface area contributed by atoms with E-state index in [1.165, 1.54) is 30.2 Å². The highest BCUT2D eigenvalue weighted by Gasteiger charge is 2.14. The third kappa shape index (κ3) is 3.67. The fraction of sp³-hybridized carbons (Fsp3) is 0.105. The number of hydrogen-bond donors (Lipinski definition) is 2. The quantitative estimate of drug-likeness (QED) is 0.331. The summed E-state index contributed by atoms with van der Waals surface area (Å²) in [6.07, 6.45) is 1.46. The Bertz CT molecular complexity index is 1200. The van der Waals surface area contributed by atoms with Crippen molar-refractivity contribution in [1.82, 2.24) is 15.0 Å². The molecule has 0 aliphatic heterocycles. The van der Waals surface area contributed by atoms with Gasteiger partial charge in [-0.15, -0.1) is 0 Å². The number of fused-ring (bicyclic) bond motifs is 3. The molecule has 2 N–H and O–H groups in total. The second-order valence-corrected chi connectivity index (χ2v) is 7.78. The molecule has 0 aliphatic rings. The van der Waals surface area contributed by atoms with Crippen LogP contribution in [0.3, 0.4) is 0 Å². The summed E-state index contributed by atoms with van der Waals surface area (Å²) in [6, 6.07) is 10.1. The molecule has 0 saturated carbocycles. The summed E-state index contributed by atoms with van der Waals surface area (Å²) in [5, 5.41) is 4.13. The minimum atomic E-state index is -0.498. The van der Waals surface area contributed by atoms with Crippen molar-refractivity contribution in [3.05, 3.63) is 53.0 Å². The molecule has 0 atom stereocenters. The van der Waals surface area contributed by atoms with Gasteiger partial charge in [0, 0.05) is 15.4 Å². The predicted octanol–water partition coefficient (Wildman–Crippen LogP) is 4.75. The number of amides is 1. The Morgan fingerprint density at radius 2 is 2.14 bits per heavy atom. The van der Waals surface area contributed by atoms with Crippen molar-refractivity contribution in [1.29, 1.82) is 0 Å². The summed E-state index contributed by atoms with van der Waals surface area (Å²) in [5.74, 6) is -0.00470. The molecule has 4 aromatic rings. The number of carbonyl (C=O) groups is 1. The Labute approximate surface area is 172 Å². The van der Waals surface area contributed by atoms with E-state index in [0.29, 0.717) is 9.50 Å². The smallest absolute Gasteiger partial charge is 0.234 e. The molecule has 2 aromatic carbocycles. The highest BCUT2D eigenvalue weighted by molar-refractivity contribution is 9.10. The van der Waals surface area contributed by atoms with Gasteiger partial charge in [-0.2, -0.15) is 0 Å². The Kier molecular flexibility index (Phi) is 5.19. The first-order valence-electron chi connectivity index (χ1n) is 8.23. The normalized spacial score (nSPS) is 11.1. The molecule has 9 heteroatoms. The number of aromatic nitrogens is 3. The van der Waals surface area contributed by atoms with Crippen LogP contribution in [0.15, 0.2) is 52.2 Å². The van der Waals surface area contributed by atoms with Gasteiger partial charge in [0.25, 0.3) is 0 Å². The zero-order valence-electron chi connectivity index (χ0n) is 14.6. The maximum Gasteiger partial charge on any atom is 0.234 e. The SMILES string of the molecule is COc1ccc2[nH]c3c(SCC(=O)Nc4ccc(Br)cc4F)ncnc3c2c1. The first-order chi connectivity index (χ1) is 13.5. The molecule has 0 spiro atoms. The van der Waals surface area contributed by atoms with E-state index < -0.39 is 5.82 Å². The molecule has 0 radical (unpaired) electrons. The first kappa shape index (κ1) is 18.7. The molecule has 0 unspecified atom stereocenters. The zero-order chi connectivity index (χ0) is 19.7. The number of thioether (sulfide) groups is 1. The average Bonchev–Trinajstić information content (AvgIpc) is 3.07. The topological polar surface area (TPSA) is 79.9 Å². The predicted molar refractivity (Wildman–Crippen MR) is 111 cm³/mol. The van der Waals surface area contributed by atoms with E-state index in [2.05, 4.69) is 36.2 Å². The molecule has 0 fully saturated rings. The number of aromatic amines is 1. The molecule has 2 heterocycles. The molecule has 0 bridgehead atoms. The fourth-order valence-corrected chi connectivity index (χ4v) is 3.88. The van der Waals surface area contributed by atoms with Crippen LogP contribution < -0.4 is 10.1 Å². The summed E-state index contributed by atoms with van der Waals surface area (Å²) < 4.78 is 19.8. The Morgan fingerprint density at radius 1 is 1.29 bits per heavy atom. The average molecular weight is 461 g/mol. The fourth-order valence-electron chi connectivity index (χ4n) is 2.80. The number of rotatable bonds is 5. The van der Waals surface area contributed by atoms with Crippen molar-refractivity contribution in [2.75, 3.05) is 18.2 Å². The van der Waals surface area contributed by atoms with Crippen LogP contribution in [0.25, 0.3) is 21.9 Å². The number of halogens is 2. The number of benzene rings is 2. The Hall–Kier alpha value is -2.65. The maximum absolute atomic E-state index is 13.9. The number of ether oxygens (including phenoxy) is 1. The highest BCUT2D eigenvalue weighted by Crippen LogP contribution is 2.31. The van der Waals surface area contributed by atoms with Crippen LogP contribution in [-0.4, -0.2) is 33.7 Å². The second-order valence-electron chi connectivity index (χ2n) is 5.90. The highest BCUT2D eigenvalue weighted by atomic mass is 79.9. The van der Waals surface area contributed by atoms with Crippen LogP contribution in [0.2, 0.25) is 0 Å². The number of carbonyl (C=O) groups excluding carboxylic acids is 1. The second kappa shape index (κ2) is 7.76. The molecule has 4 rings (SSSR count). The molecule has 6 nitrogen and oxygen atoms in total. The standard InChI is InChI=1S/C19H14BrFN4O2S/c1-27-11-3-5-14-12(7-11)17-18(25-14)19(23-9-22-17)28-8-16(26)24-15-4-2-10(20)6-13(15)21/h2-7,9,25H,8H2,1H3,(H,24,26). The van der Waals surface area contributed by atoms with Gasteiger partial charge in [-0.3, -0.25) is 4.79 Å². The van der Waals surface area contributed by atoms with Gasteiger partial charge in [-0.05, 0) is 36.4 Å². The zero-order valence-corrected chi connectivity index (χ0v) is 17.0. The Morgan fingerprint density at radius 3 is 2.93 bits per heavy atom. The van der Waals surface area contributed by atoms with E-state index in [0.717, 1.165) is 27.7 Å². The lowest BCUT2D eigenvalue weighted by molar-refractivity contribution is -0.113. The van der Waals surface area contributed by atoms with Crippen LogP contribution in [0, 0.1) is 5.82 Å². The van der Waals surface area contributed by atoms with Gasteiger partial charge in [-0.25, -0.2) is 14.4 Å². The summed E-state index contributed by atoms with van der Waals surface area (Å²) in [6.45, 7) is 0. The van der Waals surface area contributed by atoms with Crippen LogP contribution in [0.4, 0.5) is 10.1 Å². The van der Waals surface area contributed by atoms with Crippen molar-refractivity contribution < 1.29 is 13.9 Å². The van der Waals surface area contributed by atoms with E-state index in [1.54, 1.807) is 13.2 Å². The number of nitrogens with zero attached hydrogens (tertiary/aromatic N) is 2. The minimum absolute atomic E-state index is 0.0836. The molecule has 142 valence electrons. The molecule has 1 amide bonds. The van der Waals surface area contributed by atoms with Gasteiger partial charge in [0.1, 0.15) is 28.4 Å². The van der Waals surface area contributed by atoms with Crippen molar-refractivity contribution in [3.8, 4) is 5.75 Å². The van der Waals surface area contributed by atoms with E-state index >= 15 is 0 Å². The first-order valence-corrected chi connectivity index (χ1v) is 10.0. The molecular weight excluding hydrogens is 447 g/mol. The maximum atomic E-state index is 13.9. The number of H-pyrrole nitrogens is 1. The third-order valence-corrected chi connectivity index (χ3v) is 5.58. The lowest BCUT2D eigenvalue weighted by Gasteiger charge is -2.06. The monoisotopic (exact) mass is 460 g/mol. The van der Waals surface area contributed by atoms with Crippen LogP contribution >= 0.6 is 27.7 Å². The van der Waals surface area contributed by atoms with Crippen LogP contribution in [0.1, 0.15) is 0 Å². The van der Waals surface area contributed by atoms with Gasteiger partial charge < -0.3 is 15.0 Å².